The van der Waals surface area contributed by atoms with Crippen LogP contribution < -0.4 is 15.3 Å². The van der Waals surface area contributed by atoms with Crippen LogP contribution in [0, 0.1) is 11.8 Å². The van der Waals surface area contributed by atoms with Gasteiger partial charge in [0.05, 0.1) is 23.5 Å². The third-order valence-corrected chi connectivity index (χ3v) is 5.25. The van der Waals surface area contributed by atoms with Crippen molar-refractivity contribution in [3.63, 3.8) is 0 Å². The summed E-state index contributed by atoms with van der Waals surface area (Å²) in [6.45, 7) is 0. The zero-order valence-corrected chi connectivity index (χ0v) is 15.3. The second-order valence-electron chi connectivity index (χ2n) is 7.04. The predicted octanol–water partition coefficient (Wildman–Crippen LogP) is 1.76. The van der Waals surface area contributed by atoms with E-state index in [4.69, 9.17) is 0 Å². The Hall–Kier alpha value is -3.74. The monoisotopic (exact) mass is 389 g/mol. The number of carbonyl (C=O) groups excluding carboxylic acids is 4. The third kappa shape index (κ3) is 3.42. The molecule has 1 heterocycles. The molecule has 0 spiro atoms. The van der Waals surface area contributed by atoms with E-state index in [1.54, 1.807) is 18.2 Å². The van der Waals surface area contributed by atoms with Crippen LogP contribution in [0.15, 0.2) is 60.7 Å². The molecule has 0 saturated carbocycles. The van der Waals surface area contributed by atoms with Crippen molar-refractivity contribution in [1.82, 2.24) is 0 Å². The van der Waals surface area contributed by atoms with Crippen molar-refractivity contribution in [3.05, 3.63) is 71.8 Å². The van der Waals surface area contributed by atoms with Crippen molar-refractivity contribution < 1.29 is 24.3 Å². The lowest BCUT2D eigenvalue weighted by molar-refractivity contribution is -0.255. The summed E-state index contributed by atoms with van der Waals surface area (Å²) in [6.07, 6.45) is 4.94. The van der Waals surface area contributed by atoms with E-state index in [1.165, 1.54) is 35.2 Å². The Labute approximate surface area is 166 Å². The largest absolute Gasteiger partial charge is 0.545 e. The summed E-state index contributed by atoms with van der Waals surface area (Å²) in [5, 5.41) is 13.5. The fourth-order valence-electron chi connectivity index (χ4n) is 3.73. The molecule has 1 aliphatic heterocycles. The first kappa shape index (κ1) is 18.6. The molecule has 3 amide bonds. The normalized spacial score (nSPS) is 20.5. The van der Waals surface area contributed by atoms with E-state index >= 15 is 0 Å². The number of anilines is 2. The second kappa shape index (κ2) is 7.35. The van der Waals surface area contributed by atoms with Crippen molar-refractivity contribution >= 4 is 35.1 Å². The molecular formula is C22H17N2O5-. The molecule has 1 saturated heterocycles. The number of carbonyl (C=O) groups is 4. The van der Waals surface area contributed by atoms with E-state index in [-0.39, 0.29) is 34.8 Å². The number of nitrogens with zero attached hydrogens (tertiary/aromatic N) is 1. The van der Waals surface area contributed by atoms with Gasteiger partial charge in [0.25, 0.3) is 5.91 Å². The Morgan fingerprint density at radius 1 is 0.897 bits per heavy atom. The number of hydrogen-bond donors (Lipinski definition) is 1. The molecule has 2 aromatic carbocycles. The average molecular weight is 389 g/mol. The van der Waals surface area contributed by atoms with Gasteiger partial charge in [0, 0.05) is 11.3 Å². The number of imide groups is 1. The van der Waals surface area contributed by atoms with Crippen LogP contribution in [0.3, 0.4) is 0 Å². The molecule has 0 bridgehead atoms. The van der Waals surface area contributed by atoms with Gasteiger partial charge in [-0.3, -0.25) is 19.3 Å². The van der Waals surface area contributed by atoms with Crippen molar-refractivity contribution in [2.75, 3.05) is 10.2 Å². The SMILES string of the molecule is O=C([O-])c1ccc(NC(=O)c2cccc(N3C(=O)[C@@H]4CC=CC[C@H]4C3=O)c2)cc1. The van der Waals surface area contributed by atoms with E-state index in [1.807, 2.05) is 12.2 Å². The topological polar surface area (TPSA) is 107 Å². The number of fused-ring (bicyclic) bond motifs is 1. The quantitative estimate of drug-likeness (QED) is 0.633. The van der Waals surface area contributed by atoms with E-state index < -0.39 is 11.9 Å². The highest BCUT2D eigenvalue weighted by molar-refractivity contribution is 6.22. The van der Waals surface area contributed by atoms with Crippen molar-refractivity contribution in [1.29, 1.82) is 0 Å². The molecule has 2 aromatic rings. The van der Waals surface area contributed by atoms with Crippen LogP contribution in [0.5, 0.6) is 0 Å². The maximum atomic E-state index is 12.7. The maximum absolute atomic E-state index is 12.7. The highest BCUT2D eigenvalue weighted by Gasteiger charge is 2.47. The first-order valence-electron chi connectivity index (χ1n) is 9.21. The molecule has 0 unspecified atom stereocenters. The molecule has 29 heavy (non-hydrogen) atoms. The lowest BCUT2D eigenvalue weighted by atomic mass is 9.85. The number of rotatable bonds is 4. The molecular weight excluding hydrogens is 372 g/mol. The number of carboxylic acids is 1. The van der Waals surface area contributed by atoms with Gasteiger partial charge in [-0.2, -0.15) is 0 Å². The average Bonchev–Trinajstić information content (AvgIpc) is 2.99. The molecule has 146 valence electrons. The minimum Gasteiger partial charge on any atom is -0.545 e. The van der Waals surface area contributed by atoms with Crippen LogP contribution in [0.25, 0.3) is 0 Å². The van der Waals surface area contributed by atoms with Crippen LogP contribution in [-0.4, -0.2) is 23.7 Å². The van der Waals surface area contributed by atoms with Crippen LogP contribution in [-0.2, 0) is 9.59 Å². The molecule has 7 nitrogen and oxygen atoms in total. The summed E-state index contributed by atoms with van der Waals surface area (Å²) in [6, 6.07) is 11.9. The number of nitrogens with one attached hydrogen (secondary N) is 1. The lowest BCUT2D eigenvalue weighted by Gasteiger charge is -2.16. The van der Waals surface area contributed by atoms with Gasteiger partial charge in [0.1, 0.15) is 0 Å². The summed E-state index contributed by atoms with van der Waals surface area (Å²) in [7, 11) is 0. The van der Waals surface area contributed by atoms with Gasteiger partial charge in [-0.1, -0.05) is 30.4 Å². The summed E-state index contributed by atoms with van der Waals surface area (Å²) in [5.74, 6) is -2.89. The Balaban J connectivity index is 1.54. The molecule has 2 aliphatic rings. The van der Waals surface area contributed by atoms with Gasteiger partial charge in [0.15, 0.2) is 0 Å². The number of carboxylic acid groups (broad SMARTS) is 1. The van der Waals surface area contributed by atoms with Gasteiger partial charge in [-0.05, 0) is 48.7 Å². The minimum absolute atomic E-state index is 0.00649. The summed E-state index contributed by atoms with van der Waals surface area (Å²) in [4.78, 5) is 50.0. The number of aromatic carboxylic acids is 1. The second-order valence-corrected chi connectivity index (χ2v) is 7.04. The Morgan fingerprint density at radius 2 is 1.52 bits per heavy atom. The summed E-state index contributed by atoms with van der Waals surface area (Å²) in [5.41, 5.74) is 1.07. The van der Waals surface area contributed by atoms with Crippen LogP contribution in [0.2, 0.25) is 0 Å². The van der Waals surface area contributed by atoms with E-state index in [0.29, 0.717) is 24.2 Å². The fourth-order valence-corrected chi connectivity index (χ4v) is 3.73. The molecule has 1 aliphatic carbocycles. The van der Waals surface area contributed by atoms with Gasteiger partial charge in [-0.25, -0.2) is 0 Å². The Morgan fingerprint density at radius 3 is 2.10 bits per heavy atom. The number of amides is 3. The molecule has 7 heteroatoms. The van der Waals surface area contributed by atoms with Gasteiger partial charge >= 0.3 is 0 Å². The van der Waals surface area contributed by atoms with Crippen molar-refractivity contribution in [2.45, 2.75) is 12.8 Å². The minimum atomic E-state index is -1.30. The summed E-state index contributed by atoms with van der Waals surface area (Å²) >= 11 is 0. The first-order chi connectivity index (χ1) is 14.0. The standard InChI is InChI=1S/C22H18N2O5/c25-19(23-15-10-8-13(9-11-15)22(28)29)14-4-3-5-16(12-14)24-20(26)17-6-1-2-7-18(17)21(24)27/h1-5,8-12,17-18H,6-7H2,(H,23,25)(H,28,29)/p-1/t17-,18-/m1/s1. The van der Waals surface area contributed by atoms with Crippen LogP contribution >= 0.6 is 0 Å². The van der Waals surface area contributed by atoms with Crippen LogP contribution in [0.4, 0.5) is 11.4 Å². The zero-order chi connectivity index (χ0) is 20.5. The fraction of sp³-hybridized carbons (Fsp3) is 0.182. The molecule has 4 rings (SSSR count). The lowest BCUT2D eigenvalue weighted by Crippen LogP contribution is -2.31. The maximum Gasteiger partial charge on any atom is 0.255 e. The number of benzene rings is 2. The van der Waals surface area contributed by atoms with Gasteiger partial charge in [0.2, 0.25) is 11.8 Å². The molecule has 1 fully saturated rings. The van der Waals surface area contributed by atoms with Gasteiger partial charge < -0.3 is 15.2 Å². The third-order valence-electron chi connectivity index (χ3n) is 5.25. The van der Waals surface area contributed by atoms with E-state index in [2.05, 4.69) is 5.32 Å². The molecule has 0 radical (unpaired) electrons. The van der Waals surface area contributed by atoms with E-state index in [9.17, 15) is 24.3 Å². The van der Waals surface area contributed by atoms with Crippen LogP contribution in [0.1, 0.15) is 33.6 Å². The predicted molar refractivity (Wildman–Crippen MR) is 103 cm³/mol. The first-order valence-corrected chi connectivity index (χ1v) is 9.21. The Bertz CT molecular complexity index is 1020. The summed E-state index contributed by atoms with van der Waals surface area (Å²) < 4.78 is 0. The smallest absolute Gasteiger partial charge is 0.255 e. The van der Waals surface area contributed by atoms with Gasteiger partial charge in [-0.15, -0.1) is 0 Å². The molecule has 2 atom stereocenters. The van der Waals surface area contributed by atoms with Crippen molar-refractivity contribution in [2.24, 2.45) is 11.8 Å². The number of allylic oxidation sites excluding steroid dienone is 2. The molecule has 1 N–H and O–H groups in total. The highest BCUT2D eigenvalue weighted by Crippen LogP contribution is 2.37. The molecule has 0 aromatic heterocycles. The zero-order valence-electron chi connectivity index (χ0n) is 15.3. The highest BCUT2D eigenvalue weighted by atomic mass is 16.4. The van der Waals surface area contributed by atoms with Crippen molar-refractivity contribution in [3.8, 4) is 0 Å². The number of hydrogen-bond acceptors (Lipinski definition) is 5. The van der Waals surface area contributed by atoms with E-state index in [0.717, 1.165) is 0 Å². The Kier molecular flexibility index (Phi) is 4.72.